The van der Waals surface area contributed by atoms with Gasteiger partial charge in [0.25, 0.3) is 0 Å². The van der Waals surface area contributed by atoms with Crippen LogP contribution in [0.4, 0.5) is 5.69 Å². The van der Waals surface area contributed by atoms with Crippen molar-refractivity contribution in [3.05, 3.63) is 65.2 Å². The Morgan fingerprint density at radius 2 is 1.71 bits per heavy atom. The number of para-hydroxylation sites is 1. The van der Waals surface area contributed by atoms with E-state index in [0.29, 0.717) is 29.5 Å². The molecule has 0 spiro atoms. The summed E-state index contributed by atoms with van der Waals surface area (Å²) in [6.07, 6.45) is 1.51. The summed E-state index contributed by atoms with van der Waals surface area (Å²) in [5.74, 6) is -0.188. The summed E-state index contributed by atoms with van der Waals surface area (Å²) in [4.78, 5) is 26.7. The normalized spacial score (nSPS) is 14.4. The minimum atomic E-state index is -0.409. The number of piperidine rings is 1. The Morgan fingerprint density at radius 1 is 1.07 bits per heavy atom. The molecule has 1 saturated heterocycles. The molecule has 1 aliphatic rings. The lowest BCUT2D eigenvalue weighted by molar-refractivity contribution is 0.0601. The van der Waals surface area contributed by atoms with Crippen LogP contribution < -0.4 is 5.32 Å². The molecule has 0 unspecified atom stereocenters. The third-order valence-corrected chi connectivity index (χ3v) is 5.42. The molecular weight excluding hydrogens is 372 g/mol. The number of methoxy groups -OCH3 is 1. The van der Waals surface area contributed by atoms with Crippen LogP contribution in [0.15, 0.2) is 48.5 Å². The van der Waals surface area contributed by atoms with Crippen molar-refractivity contribution in [1.82, 2.24) is 4.90 Å². The van der Waals surface area contributed by atoms with Gasteiger partial charge in [0.05, 0.1) is 18.4 Å². The van der Waals surface area contributed by atoms with Crippen LogP contribution in [0.1, 0.15) is 39.1 Å². The first-order chi connectivity index (χ1) is 13.5. The highest BCUT2D eigenvalue weighted by Gasteiger charge is 2.27. The summed E-state index contributed by atoms with van der Waals surface area (Å²) < 4.78 is 4.82. The molecule has 1 aliphatic heterocycles. The van der Waals surface area contributed by atoms with Gasteiger partial charge >= 0.3 is 5.97 Å². The van der Waals surface area contributed by atoms with Gasteiger partial charge in [0.2, 0.25) is 0 Å². The van der Waals surface area contributed by atoms with Gasteiger partial charge in [-0.05, 0) is 44.1 Å². The third-order valence-electron chi connectivity index (χ3n) is 5.06. The Morgan fingerprint density at radius 3 is 2.36 bits per heavy atom. The molecule has 3 rings (SSSR count). The van der Waals surface area contributed by atoms with Gasteiger partial charge in [-0.15, -0.1) is 0 Å². The van der Waals surface area contributed by atoms with Gasteiger partial charge in [0.15, 0.2) is 10.9 Å². The van der Waals surface area contributed by atoms with Gasteiger partial charge in [-0.25, -0.2) is 4.79 Å². The first-order valence-corrected chi connectivity index (χ1v) is 9.74. The Balaban J connectivity index is 1.59. The van der Waals surface area contributed by atoms with Gasteiger partial charge in [0, 0.05) is 24.6 Å². The number of thiocarbonyl (C=S) groups is 1. The first-order valence-electron chi connectivity index (χ1n) is 9.33. The number of aryl methyl sites for hydroxylation is 1. The van der Waals surface area contributed by atoms with E-state index >= 15 is 0 Å². The Bertz CT molecular complexity index is 872. The lowest BCUT2D eigenvalue weighted by Crippen LogP contribution is -2.42. The van der Waals surface area contributed by atoms with Gasteiger partial charge in [0.1, 0.15) is 0 Å². The largest absolute Gasteiger partial charge is 0.465 e. The first kappa shape index (κ1) is 20.0. The highest BCUT2D eigenvalue weighted by atomic mass is 32.1. The van der Waals surface area contributed by atoms with Crippen molar-refractivity contribution in [2.24, 2.45) is 5.92 Å². The van der Waals surface area contributed by atoms with E-state index in [1.807, 2.05) is 42.2 Å². The highest BCUT2D eigenvalue weighted by molar-refractivity contribution is 7.80. The van der Waals surface area contributed by atoms with Gasteiger partial charge < -0.3 is 15.0 Å². The number of carbonyl (C=O) groups is 2. The van der Waals surface area contributed by atoms with E-state index in [1.54, 1.807) is 18.2 Å². The molecule has 5 nitrogen and oxygen atoms in total. The lowest BCUT2D eigenvalue weighted by atomic mass is 9.89. The van der Waals surface area contributed by atoms with Gasteiger partial charge in [-0.2, -0.15) is 0 Å². The number of ketones is 1. The van der Waals surface area contributed by atoms with Crippen molar-refractivity contribution in [3.63, 3.8) is 0 Å². The Hall–Kier alpha value is -2.73. The number of hydrogen-bond donors (Lipinski definition) is 1. The fourth-order valence-electron chi connectivity index (χ4n) is 3.37. The Labute approximate surface area is 170 Å². The van der Waals surface area contributed by atoms with Crippen LogP contribution in [0.25, 0.3) is 0 Å². The summed E-state index contributed by atoms with van der Waals surface area (Å²) in [5, 5.41) is 3.70. The van der Waals surface area contributed by atoms with E-state index in [2.05, 4.69) is 5.32 Å². The van der Waals surface area contributed by atoms with Crippen LogP contribution in [0.2, 0.25) is 0 Å². The number of esters is 1. The standard InChI is InChI=1S/C22H24N2O3S/c1-15-7-9-16(10-8-15)20(25)17-11-13-24(14-12-17)22(28)23-19-6-4-3-5-18(19)21(26)27-2/h3-10,17H,11-14H2,1-2H3,(H,23,28). The summed E-state index contributed by atoms with van der Waals surface area (Å²) in [6.45, 7) is 3.42. The predicted octanol–water partition coefficient (Wildman–Crippen LogP) is 4.07. The molecule has 0 atom stereocenters. The molecule has 0 radical (unpaired) electrons. The summed E-state index contributed by atoms with van der Waals surface area (Å²) in [7, 11) is 1.35. The number of ether oxygens (including phenoxy) is 1. The van der Waals surface area contributed by atoms with Crippen molar-refractivity contribution in [1.29, 1.82) is 0 Å². The molecule has 2 aromatic rings. The minimum Gasteiger partial charge on any atom is -0.465 e. The smallest absolute Gasteiger partial charge is 0.339 e. The van der Waals surface area contributed by atoms with Crippen LogP contribution in [0, 0.1) is 12.8 Å². The van der Waals surface area contributed by atoms with Crippen molar-refractivity contribution in [3.8, 4) is 0 Å². The molecule has 0 saturated carbocycles. The number of benzene rings is 2. The molecule has 2 aromatic carbocycles. The van der Waals surface area contributed by atoms with Crippen LogP contribution in [-0.4, -0.2) is 42.0 Å². The number of anilines is 1. The molecule has 0 aliphatic carbocycles. The van der Waals surface area contributed by atoms with Crippen molar-refractivity contribution >= 4 is 34.8 Å². The van der Waals surface area contributed by atoms with E-state index < -0.39 is 5.97 Å². The molecule has 0 amide bonds. The zero-order valence-electron chi connectivity index (χ0n) is 16.1. The van der Waals surface area contributed by atoms with E-state index in [-0.39, 0.29) is 11.7 Å². The van der Waals surface area contributed by atoms with Crippen LogP contribution in [0.5, 0.6) is 0 Å². The maximum Gasteiger partial charge on any atom is 0.339 e. The molecule has 28 heavy (non-hydrogen) atoms. The second-order valence-corrected chi connectivity index (χ2v) is 7.35. The third kappa shape index (κ3) is 4.57. The molecule has 1 N–H and O–H groups in total. The lowest BCUT2D eigenvalue weighted by Gasteiger charge is -2.33. The van der Waals surface area contributed by atoms with E-state index in [0.717, 1.165) is 24.0 Å². The molecule has 6 heteroatoms. The number of rotatable bonds is 4. The number of Topliss-reactive ketones (excluding diaryl/α,β-unsaturated/α-hetero) is 1. The molecule has 1 fully saturated rings. The highest BCUT2D eigenvalue weighted by Crippen LogP contribution is 2.23. The minimum absolute atomic E-state index is 0.0177. The number of hydrogen-bond acceptors (Lipinski definition) is 4. The summed E-state index contributed by atoms with van der Waals surface area (Å²) >= 11 is 5.53. The van der Waals surface area contributed by atoms with Crippen molar-refractivity contribution in [2.75, 3.05) is 25.5 Å². The Kier molecular flexibility index (Phi) is 6.41. The van der Waals surface area contributed by atoms with Crippen LogP contribution in [0.3, 0.4) is 0 Å². The van der Waals surface area contributed by atoms with Crippen LogP contribution in [-0.2, 0) is 4.74 Å². The predicted molar refractivity (Wildman–Crippen MR) is 114 cm³/mol. The fourth-order valence-corrected chi connectivity index (χ4v) is 3.67. The van der Waals surface area contributed by atoms with E-state index in [4.69, 9.17) is 17.0 Å². The molecule has 146 valence electrons. The van der Waals surface area contributed by atoms with E-state index in [9.17, 15) is 9.59 Å². The molecule has 0 bridgehead atoms. The van der Waals surface area contributed by atoms with Gasteiger partial charge in [-0.1, -0.05) is 42.0 Å². The quantitative estimate of drug-likeness (QED) is 0.478. The molecular formula is C22H24N2O3S. The SMILES string of the molecule is COC(=O)c1ccccc1NC(=S)N1CCC(C(=O)c2ccc(C)cc2)CC1. The second kappa shape index (κ2) is 8.97. The van der Waals surface area contributed by atoms with Crippen LogP contribution >= 0.6 is 12.2 Å². The zero-order valence-corrected chi connectivity index (χ0v) is 16.9. The maximum atomic E-state index is 12.7. The van der Waals surface area contributed by atoms with E-state index in [1.165, 1.54) is 7.11 Å². The average Bonchev–Trinajstić information content (AvgIpc) is 2.73. The average molecular weight is 397 g/mol. The number of nitrogens with one attached hydrogen (secondary N) is 1. The molecule has 0 aromatic heterocycles. The number of carbonyl (C=O) groups excluding carboxylic acids is 2. The summed E-state index contributed by atoms with van der Waals surface area (Å²) in [6, 6.07) is 14.9. The van der Waals surface area contributed by atoms with Crippen molar-refractivity contribution in [2.45, 2.75) is 19.8 Å². The topological polar surface area (TPSA) is 58.6 Å². The number of likely N-dealkylation sites (tertiary alicyclic amines) is 1. The van der Waals surface area contributed by atoms with Crippen molar-refractivity contribution < 1.29 is 14.3 Å². The second-order valence-electron chi connectivity index (χ2n) is 6.96. The van der Waals surface area contributed by atoms with Gasteiger partial charge in [-0.3, -0.25) is 4.79 Å². The molecule has 1 heterocycles. The zero-order chi connectivity index (χ0) is 20.1. The summed E-state index contributed by atoms with van der Waals surface area (Å²) in [5.41, 5.74) is 2.99. The fraction of sp³-hybridized carbons (Fsp3) is 0.318. The number of nitrogens with zero attached hydrogens (tertiary/aromatic N) is 1. The maximum absolute atomic E-state index is 12.7. The monoisotopic (exact) mass is 396 g/mol.